The Morgan fingerprint density at radius 3 is 2.13 bits per heavy atom. The molecular weight excluding hydrogens is 391 g/mol. The van der Waals surface area contributed by atoms with Gasteiger partial charge in [0.2, 0.25) is 5.91 Å². The van der Waals surface area contributed by atoms with Crippen LogP contribution in [0.4, 0.5) is 10.1 Å². The van der Waals surface area contributed by atoms with Crippen LogP contribution in [0.25, 0.3) is 0 Å². The van der Waals surface area contributed by atoms with Gasteiger partial charge in [-0.05, 0) is 54.4 Å². The van der Waals surface area contributed by atoms with Crippen LogP contribution in [0.1, 0.15) is 41.0 Å². The molecule has 2 aromatic rings. The number of ketones is 1. The summed E-state index contributed by atoms with van der Waals surface area (Å²) in [6.45, 7) is 2.97. The summed E-state index contributed by atoms with van der Waals surface area (Å²) >= 11 is 0. The van der Waals surface area contributed by atoms with E-state index in [1.165, 1.54) is 24.3 Å². The Hall–Kier alpha value is -3.55. The molecule has 0 aromatic heterocycles. The van der Waals surface area contributed by atoms with Crippen molar-refractivity contribution in [1.82, 2.24) is 5.32 Å². The summed E-state index contributed by atoms with van der Waals surface area (Å²) in [5.41, 5.74) is 1.08. The number of esters is 1. The number of carbonyl (C=O) groups is 4. The maximum Gasteiger partial charge on any atom is 0.325 e. The molecule has 0 atom stereocenters. The van der Waals surface area contributed by atoms with Crippen molar-refractivity contribution in [2.45, 2.75) is 20.3 Å². The highest BCUT2D eigenvalue weighted by atomic mass is 19.1. The predicted molar refractivity (Wildman–Crippen MR) is 109 cm³/mol. The highest BCUT2D eigenvalue weighted by molar-refractivity contribution is 5.99. The second-order valence-corrected chi connectivity index (χ2v) is 7.00. The number of ether oxygens (including phenoxy) is 1. The first-order chi connectivity index (χ1) is 14.2. The van der Waals surface area contributed by atoms with E-state index < -0.39 is 36.6 Å². The molecule has 7 nitrogen and oxygen atoms in total. The molecule has 0 radical (unpaired) electrons. The molecule has 2 N–H and O–H groups in total. The monoisotopic (exact) mass is 414 g/mol. The molecule has 30 heavy (non-hydrogen) atoms. The van der Waals surface area contributed by atoms with E-state index in [1.54, 1.807) is 12.1 Å². The molecule has 0 unspecified atom stereocenters. The fourth-order valence-electron chi connectivity index (χ4n) is 2.46. The van der Waals surface area contributed by atoms with E-state index in [-0.39, 0.29) is 17.4 Å². The highest BCUT2D eigenvalue weighted by Crippen LogP contribution is 2.12. The number of benzene rings is 2. The zero-order chi connectivity index (χ0) is 22.1. The number of hydrogen-bond donors (Lipinski definition) is 2. The Bertz CT molecular complexity index is 908. The quantitative estimate of drug-likeness (QED) is 0.485. The van der Waals surface area contributed by atoms with E-state index in [0.717, 1.165) is 12.1 Å². The van der Waals surface area contributed by atoms with Crippen molar-refractivity contribution in [2.24, 2.45) is 5.92 Å². The largest absolute Gasteiger partial charge is 0.456 e. The minimum Gasteiger partial charge on any atom is -0.456 e. The molecule has 8 heteroatoms. The van der Waals surface area contributed by atoms with Gasteiger partial charge in [0.05, 0.1) is 0 Å². The van der Waals surface area contributed by atoms with Crippen molar-refractivity contribution in [2.75, 3.05) is 18.5 Å². The van der Waals surface area contributed by atoms with Gasteiger partial charge in [0, 0.05) is 23.2 Å². The van der Waals surface area contributed by atoms with Crippen molar-refractivity contribution in [3.8, 4) is 0 Å². The third-order valence-electron chi connectivity index (χ3n) is 3.95. The average Bonchev–Trinajstić information content (AvgIpc) is 2.70. The minimum atomic E-state index is -0.781. The van der Waals surface area contributed by atoms with E-state index in [1.807, 2.05) is 13.8 Å². The van der Waals surface area contributed by atoms with E-state index in [2.05, 4.69) is 10.6 Å². The van der Waals surface area contributed by atoms with Crippen molar-refractivity contribution in [3.05, 3.63) is 65.5 Å². The van der Waals surface area contributed by atoms with Crippen LogP contribution in [-0.4, -0.2) is 36.7 Å². The Labute approximate surface area is 173 Å². The summed E-state index contributed by atoms with van der Waals surface area (Å²) < 4.78 is 17.7. The van der Waals surface area contributed by atoms with Crippen molar-refractivity contribution in [1.29, 1.82) is 0 Å². The normalized spacial score (nSPS) is 10.4. The van der Waals surface area contributed by atoms with E-state index in [4.69, 9.17) is 4.74 Å². The second-order valence-electron chi connectivity index (χ2n) is 7.00. The fourth-order valence-corrected chi connectivity index (χ4v) is 2.46. The minimum absolute atomic E-state index is 0.110. The van der Waals surface area contributed by atoms with Crippen molar-refractivity contribution >= 4 is 29.3 Å². The number of nitrogens with one attached hydrogen (secondary N) is 2. The first-order valence-electron chi connectivity index (χ1n) is 9.37. The maximum atomic E-state index is 12.8. The number of carbonyl (C=O) groups excluding carboxylic acids is 4. The molecule has 2 aromatic carbocycles. The Morgan fingerprint density at radius 1 is 0.933 bits per heavy atom. The lowest BCUT2D eigenvalue weighted by molar-refractivity contribution is -0.141. The Balaban J connectivity index is 1.76. The summed E-state index contributed by atoms with van der Waals surface area (Å²) in [7, 11) is 0. The van der Waals surface area contributed by atoms with Crippen molar-refractivity contribution < 1.29 is 28.3 Å². The smallest absolute Gasteiger partial charge is 0.325 e. The molecule has 0 spiro atoms. The molecule has 0 aliphatic heterocycles. The van der Waals surface area contributed by atoms with Gasteiger partial charge < -0.3 is 15.4 Å². The molecule has 0 fully saturated rings. The summed E-state index contributed by atoms with van der Waals surface area (Å²) in [6.07, 6.45) is 0.397. The standard InChI is InChI=1S/C22H23FN2O5/c1-14(2)11-20(27)25-18-9-5-15(6-10-18)19(26)13-30-21(28)12-24-22(29)16-3-7-17(23)8-4-16/h3-10,14H,11-13H2,1-2H3,(H,24,29)(H,25,27). The van der Waals surface area contributed by atoms with Gasteiger partial charge in [0.15, 0.2) is 12.4 Å². The molecule has 0 heterocycles. The van der Waals surface area contributed by atoms with Gasteiger partial charge >= 0.3 is 5.97 Å². The number of amides is 2. The number of anilines is 1. The average molecular weight is 414 g/mol. The molecular formula is C22H23FN2O5. The van der Waals surface area contributed by atoms with Crippen LogP contribution < -0.4 is 10.6 Å². The molecule has 0 saturated heterocycles. The van der Waals surface area contributed by atoms with Crippen molar-refractivity contribution in [3.63, 3.8) is 0 Å². The highest BCUT2D eigenvalue weighted by Gasteiger charge is 2.13. The first-order valence-corrected chi connectivity index (χ1v) is 9.37. The third-order valence-corrected chi connectivity index (χ3v) is 3.95. The topological polar surface area (TPSA) is 102 Å². The van der Waals surface area contributed by atoms with Gasteiger partial charge in [-0.1, -0.05) is 13.8 Å². The number of rotatable bonds is 9. The SMILES string of the molecule is CC(C)CC(=O)Nc1ccc(C(=O)COC(=O)CNC(=O)c2ccc(F)cc2)cc1. The summed E-state index contributed by atoms with van der Waals surface area (Å²) in [6, 6.07) is 11.1. The molecule has 2 amide bonds. The third kappa shape index (κ3) is 7.46. The van der Waals surface area contributed by atoms with Gasteiger partial charge in [-0.3, -0.25) is 19.2 Å². The van der Waals surface area contributed by atoms with Gasteiger partial charge in [-0.2, -0.15) is 0 Å². The zero-order valence-corrected chi connectivity index (χ0v) is 16.7. The molecule has 0 bridgehead atoms. The fraction of sp³-hybridized carbons (Fsp3) is 0.273. The number of Topliss-reactive ketones (excluding diaryl/α,β-unsaturated/α-hetero) is 1. The van der Waals surface area contributed by atoms with Gasteiger partial charge in [-0.25, -0.2) is 4.39 Å². The van der Waals surface area contributed by atoms with Gasteiger partial charge in [0.1, 0.15) is 12.4 Å². The van der Waals surface area contributed by atoms with Crippen LogP contribution >= 0.6 is 0 Å². The molecule has 0 aliphatic carbocycles. The number of hydrogen-bond acceptors (Lipinski definition) is 5. The molecule has 0 saturated carbocycles. The van der Waals surface area contributed by atoms with Crippen LogP contribution in [0.3, 0.4) is 0 Å². The van der Waals surface area contributed by atoms with Crippen LogP contribution in [-0.2, 0) is 14.3 Å². The van der Waals surface area contributed by atoms with Crippen LogP contribution in [0.5, 0.6) is 0 Å². The Morgan fingerprint density at radius 2 is 1.53 bits per heavy atom. The van der Waals surface area contributed by atoms with Crippen LogP contribution in [0.15, 0.2) is 48.5 Å². The number of halogens is 1. The summed E-state index contributed by atoms with van der Waals surface area (Å²) in [4.78, 5) is 47.5. The van der Waals surface area contributed by atoms with E-state index >= 15 is 0 Å². The van der Waals surface area contributed by atoms with E-state index in [9.17, 15) is 23.6 Å². The molecule has 2 rings (SSSR count). The lowest BCUT2D eigenvalue weighted by Crippen LogP contribution is -2.31. The molecule has 0 aliphatic rings. The lowest BCUT2D eigenvalue weighted by Gasteiger charge is -2.08. The molecule has 158 valence electrons. The maximum absolute atomic E-state index is 12.8. The zero-order valence-electron chi connectivity index (χ0n) is 16.7. The van der Waals surface area contributed by atoms with Crippen LogP contribution in [0.2, 0.25) is 0 Å². The van der Waals surface area contributed by atoms with Gasteiger partial charge in [-0.15, -0.1) is 0 Å². The lowest BCUT2D eigenvalue weighted by atomic mass is 10.1. The second kappa shape index (κ2) is 10.8. The van der Waals surface area contributed by atoms with Crippen LogP contribution in [0, 0.1) is 11.7 Å². The van der Waals surface area contributed by atoms with E-state index in [0.29, 0.717) is 17.7 Å². The summed E-state index contributed by atoms with van der Waals surface area (Å²) in [5.74, 6) is -2.12. The van der Waals surface area contributed by atoms with Gasteiger partial charge in [0.25, 0.3) is 5.91 Å². The first kappa shape index (κ1) is 22.7. The predicted octanol–water partition coefficient (Wildman–Crippen LogP) is 2.97. The Kier molecular flexibility index (Phi) is 8.22. The summed E-state index contributed by atoms with van der Waals surface area (Å²) in [5, 5.41) is 5.07.